The van der Waals surface area contributed by atoms with Gasteiger partial charge in [-0.3, -0.25) is 0 Å². The molecule has 0 bridgehead atoms. The van der Waals surface area contributed by atoms with Crippen LogP contribution in [0, 0.1) is 0 Å². The Morgan fingerprint density at radius 3 is 1.70 bits per heavy atom. The monoisotopic (exact) mass is 360 g/mol. The van der Waals surface area contributed by atoms with Gasteiger partial charge in [0.1, 0.15) is 0 Å². The zero-order valence-electron chi connectivity index (χ0n) is 17.2. The van der Waals surface area contributed by atoms with Crippen molar-refractivity contribution < 1.29 is 14.0 Å². The maximum Gasteiger partial charge on any atom is 0.192 e. The molecule has 3 nitrogen and oxygen atoms in total. The lowest BCUT2D eigenvalue weighted by molar-refractivity contribution is 0.0402. The van der Waals surface area contributed by atoms with Crippen LogP contribution in [0.2, 0.25) is 36.3 Å². The van der Waals surface area contributed by atoms with Crippen LogP contribution in [0.1, 0.15) is 60.8 Å². The minimum absolute atomic E-state index is 0.0116. The largest absolute Gasteiger partial charge is 0.414 e. The fourth-order valence-electron chi connectivity index (χ4n) is 2.02. The van der Waals surface area contributed by atoms with E-state index in [0.717, 1.165) is 12.8 Å². The van der Waals surface area contributed by atoms with Crippen molar-refractivity contribution in [3.8, 4) is 0 Å². The minimum atomic E-state index is -1.86. The van der Waals surface area contributed by atoms with Gasteiger partial charge in [0.15, 0.2) is 16.6 Å². The number of hydrogen-bond donors (Lipinski definition) is 1. The van der Waals surface area contributed by atoms with Crippen LogP contribution in [0.15, 0.2) is 0 Å². The van der Waals surface area contributed by atoms with Crippen molar-refractivity contribution in [2.75, 3.05) is 6.61 Å². The van der Waals surface area contributed by atoms with E-state index < -0.39 is 22.2 Å². The van der Waals surface area contributed by atoms with Crippen molar-refractivity contribution in [2.24, 2.45) is 0 Å². The quantitative estimate of drug-likeness (QED) is 0.625. The van der Waals surface area contributed by atoms with Gasteiger partial charge in [-0.1, -0.05) is 41.5 Å². The van der Waals surface area contributed by atoms with Gasteiger partial charge in [-0.25, -0.2) is 0 Å². The molecule has 1 rings (SSSR count). The highest BCUT2D eigenvalue weighted by atomic mass is 28.4. The van der Waals surface area contributed by atoms with Gasteiger partial charge in [-0.2, -0.15) is 0 Å². The third-order valence-electron chi connectivity index (χ3n) is 6.14. The molecule has 5 heteroatoms. The molecule has 0 aliphatic heterocycles. The van der Waals surface area contributed by atoms with Gasteiger partial charge in [0.05, 0.1) is 18.3 Å². The summed E-state index contributed by atoms with van der Waals surface area (Å²) in [6.45, 7) is 23.3. The maximum absolute atomic E-state index is 10.4. The van der Waals surface area contributed by atoms with Crippen LogP contribution >= 0.6 is 0 Å². The lowest BCUT2D eigenvalue weighted by Gasteiger charge is -2.42. The fourth-order valence-corrected chi connectivity index (χ4v) is 4.39. The second-order valence-corrected chi connectivity index (χ2v) is 20.1. The fraction of sp³-hybridized carbons (Fsp3) is 1.00. The van der Waals surface area contributed by atoms with E-state index in [4.69, 9.17) is 8.85 Å². The Bertz CT molecular complexity index is 401. The SMILES string of the molecule is CC(C)(C)[Si](C)(C)OC[C@H](CC1(O)CC1)O[Si](C)(C)C(C)(C)C. The highest BCUT2D eigenvalue weighted by Crippen LogP contribution is 2.43. The summed E-state index contributed by atoms with van der Waals surface area (Å²) in [5.74, 6) is 0. The Hall–Kier alpha value is 0.314. The Morgan fingerprint density at radius 1 is 0.913 bits per heavy atom. The molecule has 0 unspecified atom stereocenters. The molecule has 0 aromatic rings. The van der Waals surface area contributed by atoms with Gasteiger partial charge < -0.3 is 14.0 Å². The summed E-state index contributed by atoms with van der Waals surface area (Å²) >= 11 is 0. The van der Waals surface area contributed by atoms with Crippen LogP contribution in [-0.4, -0.2) is 40.1 Å². The first-order valence-corrected chi connectivity index (χ1v) is 14.8. The molecule has 1 saturated carbocycles. The smallest absolute Gasteiger partial charge is 0.192 e. The van der Waals surface area contributed by atoms with Gasteiger partial charge >= 0.3 is 0 Å². The Labute approximate surface area is 146 Å². The predicted molar refractivity (Wildman–Crippen MR) is 104 cm³/mol. The van der Waals surface area contributed by atoms with Crippen LogP contribution in [-0.2, 0) is 8.85 Å². The summed E-state index contributed by atoms with van der Waals surface area (Å²) in [6, 6.07) is 0. The van der Waals surface area contributed by atoms with E-state index in [-0.39, 0.29) is 16.2 Å². The van der Waals surface area contributed by atoms with Crippen molar-refractivity contribution in [1.29, 1.82) is 0 Å². The van der Waals surface area contributed by atoms with E-state index in [9.17, 15) is 5.11 Å². The second kappa shape index (κ2) is 6.56. The Morgan fingerprint density at radius 2 is 1.35 bits per heavy atom. The summed E-state index contributed by atoms with van der Waals surface area (Å²) in [4.78, 5) is 0. The molecule has 0 radical (unpaired) electrons. The first-order valence-electron chi connectivity index (χ1n) is 9.03. The van der Waals surface area contributed by atoms with E-state index in [1.54, 1.807) is 0 Å². The molecule has 0 amide bonds. The highest BCUT2D eigenvalue weighted by Gasteiger charge is 2.46. The summed E-state index contributed by atoms with van der Waals surface area (Å²) < 4.78 is 13.0. The van der Waals surface area contributed by atoms with E-state index in [1.165, 1.54) is 0 Å². The van der Waals surface area contributed by atoms with Gasteiger partial charge in [-0.05, 0) is 49.1 Å². The Kier molecular flexibility index (Phi) is 6.09. The average Bonchev–Trinajstić information content (AvgIpc) is 3.00. The second-order valence-electron chi connectivity index (χ2n) is 10.5. The predicted octanol–water partition coefficient (Wildman–Crippen LogP) is 5.31. The van der Waals surface area contributed by atoms with Gasteiger partial charge in [0.2, 0.25) is 0 Å². The lowest BCUT2D eigenvalue weighted by atomic mass is 10.1. The molecule has 1 fully saturated rings. The lowest BCUT2D eigenvalue weighted by Crippen LogP contribution is -2.48. The number of hydrogen-bond acceptors (Lipinski definition) is 3. The first-order chi connectivity index (χ1) is 9.99. The van der Waals surface area contributed by atoms with Crippen LogP contribution in [0.4, 0.5) is 0 Å². The van der Waals surface area contributed by atoms with Crippen molar-refractivity contribution in [3.63, 3.8) is 0 Å². The molecule has 0 heterocycles. The molecular weight excluding hydrogens is 320 g/mol. The molecule has 1 aliphatic rings. The summed E-state index contributed by atoms with van der Waals surface area (Å²) in [6.07, 6.45) is 2.54. The molecule has 0 spiro atoms. The molecule has 23 heavy (non-hydrogen) atoms. The molecule has 138 valence electrons. The highest BCUT2D eigenvalue weighted by molar-refractivity contribution is 6.74. The molecule has 0 aromatic carbocycles. The van der Waals surface area contributed by atoms with Crippen LogP contribution in [0.3, 0.4) is 0 Å². The van der Waals surface area contributed by atoms with Crippen molar-refractivity contribution in [3.05, 3.63) is 0 Å². The van der Waals surface area contributed by atoms with Crippen molar-refractivity contribution in [1.82, 2.24) is 0 Å². The van der Waals surface area contributed by atoms with Crippen molar-refractivity contribution >= 4 is 16.6 Å². The standard InChI is InChI=1S/C18H40O3Si2/c1-16(2,3)22(7,8)20-14-15(13-18(19)11-12-18)21-23(9,10)17(4,5)6/h15,19H,11-14H2,1-10H3/t15-/m0/s1. The topological polar surface area (TPSA) is 38.7 Å². The molecular formula is C18H40O3Si2. The molecule has 1 aliphatic carbocycles. The Balaban J connectivity index is 2.78. The minimum Gasteiger partial charge on any atom is -0.414 e. The average molecular weight is 361 g/mol. The molecule has 1 atom stereocenters. The zero-order valence-corrected chi connectivity index (χ0v) is 19.2. The van der Waals surface area contributed by atoms with E-state index in [0.29, 0.717) is 13.0 Å². The van der Waals surface area contributed by atoms with E-state index in [1.807, 2.05) is 0 Å². The third-order valence-corrected chi connectivity index (χ3v) is 15.2. The summed E-state index contributed by atoms with van der Waals surface area (Å²) in [5, 5.41) is 10.8. The van der Waals surface area contributed by atoms with Crippen LogP contribution in [0.25, 0.3) is 0 Å². The summed E-state index contributed by atoms with van der Waals surface area (Å²) in [7, 11) is -3.65. The van der Waals surface area contributed by atoms with E-state index >= 15 is 0 Å². The van der Waals surface area contributed by atoms with Gasteiger partial charge in [0, 0.05) is 6.42 Å². The first kappa shape index (κ1) is 21.4. The third kappa shape index (κ3) is 5.96. The summed E-state index contributed by atoms with van der Waals surface area (Å²) in [5.41, 5.74) is -0.496. The zero-order chi connectivity index (χ0) is 18.3. The maximum atomic E-state index is 10.4. The van der Waals surface area contributed by atoms with Crippen LogP contribution < -0.4 is 0 Å². The molecule has 0 saturated heterocycles. The van der Waals surface area contributed by atoms with Gasteiger partial charge in [-0.15, -0.1) is 0 Å². The number of aliphatic hydroxyl groups is 1. The van der Waals surface area contributed by atoms with Gasteiger partial charge in [0.25, 0.3) is 0 Å². The number of rotatable bonds is 7. The van der Waals surface area contributed by atoms with E-state index in [2.05, 4.69) is 67.7 Å². The normalized spacial score (nSPS) is 20.5. The molecule has 1 N–H and O–H groups in total. The molecule has 0 aromatic heterocycles. The van der Waals surface area contributed by atoms with Crippen molar-refractivity contribution in [2.45, 2.75) is 109 Å². The van der Waals surface area contributed by atoms with Crippen LogP contribution in [0.5, 0.6) is 0 Å².